The molecule has 2 saturated heterocycles. The van der Waals surface area contributed by atoms with Crippen molar-refractivity contribution >= 4 is 17.5 Å². The highest BCUT2D eigenvalue weighted by atomic mass is 16.2. The van der Waals surface area contributed by atoms with Crippen LogP contribution in [0.1, 0.15) is 31.2 Å². The van der Waals surface area contributed by atoms with E-state index in [0.29, 0.717) is 6.54 Å². The van der Waals surface area contributed by atoms with Crippen LogP contribution in [0.15, 0.2) is 54.7 Å². The summed E-state index contributed by atoms with van der Waals surface area (Å²) in [5, 5.41) is 12.0. The molecule has 3 aromatic rings. The molecule has 1 amide bonds. The molecule has 1 aromatic carbocycles. The van der Waals surface area contributed by atoms with E-state index in [4.69, 9.17) is 0 Å². The molecule has 0 spiro atoms. The number of anilines is 1. The molecule has 162 valence electrons. The zero-order chi connectivity index (χ0) is 21.0. The molecule has 2 aliphatic heterocycles. The van der Waals surface area contributed by atoms with E-state index in [2.05, 4.69) is 55.6 Å². The minimum Gasteiger partial charge on any atom is -0.353 e. The number of nitrogens with one attached hydrogen (secondary N) is 1. The number of likely N-dealkylation sites (tertiary alicyclic amines) is 1. The van der Waals surface area contributed by atoms with Crippen LogP contribution in [0, 0.1) is 5.92 Å². The van der Waals surface area contributed by atoms with Gasteiger partial charge in [0.05, 0.1) is 5.92 Å². The minimum atomic E-state index is 0.00663. The zero-order valence-corrected chi connectivity index (χ0v) is 17.9. The molecule has 7 heteroatoms. The largest absolute Gasteiger partial charge is 0.353 e. The van der Waals surface area contributed by atoms with Crippen LogP contribution in [0.3, 0.4) is 0 Å². The lowest BCUT2D eigenvalue weighted by atomic mass is 9.96. The van der Waals surface area contributed by atoms with Gasteiger partial charge in [-0.15, -0.1) is 10.2 Å². The summed E-state index contributed by atoms with van der Waals surface area (Å²) in [6.45, 7) is 4.67. The van der Waals surface area contributed by atoms with Crippen molar-refractivity contribution in [3.05, 3.63) is 60.3 Å². The van der Waals surface area contributed by atoms with Gasteiger partial charge in [0, 0.05) is 45.0 Å². The molecule has 0 saturated carbocycles. The highest BCUT2D eigenvalue weighted by molar-refractivity contribution is 5.79. The number of carbonyl (C=O) groups is 1. The van der Waals surface area contributed by atoms with E-state index in [0.717, 1.165) is 63.5 Å². The minimum absolute atomic E-state index is 0.00663. The van der Waals surface area contributed by atoms with Crippen LogP contribution >= 0.6 is 0 Å². The molecule has 0 radical (unpaired) electrons. The maximum Gasteiger partial charge on any atom is 0.231 e. The van der Waals surface area contributed by atoms with Crippen molar-refractivity contribution in [2.45, 2.75) is 38.3 Å². The number of rotatable bonds is 5. The molecule has 5 rings (SSSR count). The fourth-order valence-corrected chi connectivity index (χ4v) is 4.81. The summed E-state index contributed by atoms with van der Waals surface area (Å²) in [5.74, 6) is 1.04. The van der Waals surface area contributed by atoms with Crippen LogP contribution < -0.4 is 10.2 Å². The van der Waals surface area contributed by atoms with Crippen molar-refractivity contribution in [2.75, 3.05) is 31.1 Å². The monoisotopic (exact) mass is 418 g/mol. The second-order valence-corrected chi connectivity index (χ2v) is 8.76. The number of aromatic nitrogens is 3. The molecule has 7 nitrogen and oxygen atoms in total. The van der Waals surface area contributed by atoms with Crippen molar-refractivity contribution in [2.24, 2.45) is 5.92 Å². The van der Waals surface area contributed by atoms with E-state index in [1.165, 1.54) is 5.56 Å². The van der Waals surface area contributed by atoms with Gasteiger partial charge in [0.1, 0.15) is 0 Å². The van der Waals surface area contributed by atoms with Crippen molar-refractivity contribution in [1.29, 1.82) is 0 Å². The van der Waals surface area contributed by atoms with Gasteiger partial charge in [-0.1, -0.05) is 36.4 Å². The lowest BCUT2D eigenvalue weighted by molar-refractivity contribution is -0.126. The fraction of sp³-hybridized carbons (Fsp3) is 0.458. The summed E-state index contributed by atoms with van der Waals surface area (Å²) < 4.78 is 2.00. The SMILES string of the molecule is O=C(NC1CCN(Cc2ccccc2)CC1)[C@@H]1CCCN(c2nnc3ccccn23)C1. The Kier molecular flexibility index (Phi) is 5.84. The lowest BCUT2D eigenvalue weighted by Gasteiger charge is -2.35. The van der Waals surface area contributed by atoms with E-state index < -0.39 is 0 Å². The van der Waals surface area contributed by atoms with Crippen LogP contribution in [0.2, 0.25) is 0 Å². The summed E-state index contributed by atoms with van der Waals surface area (Å²) in [5.41, 5.74) is 2.19. The van der Waals surface area contributed by atoms with Gasteiger partial charge in [0.25, 0.3) is 0 Å². The molecule has 0 bridgehead atoms. The van der Waals surface area contributed by atoms with Crippen LogP contribution in [-0.4, -0.2) is 57.6 Å². The second kappa shape index (κ2) is 9.06. The summed E-state index contributed by atoms with van der Waals surface area (Å²) in [6.07, 6.45) is 5.95. The Balaban J connectivity index is 1.14. The van der Waals surface area contributed by atoms with E-state index in [-0.39, 0.29) is 17.9 Å². The summed E-state index contributed by atoms with van der Waals surface area (Å²) in [6, 6.07) is 16.8. The topological polar surface area (TPSA) is 65.8 Å². The second-order valence-electron chi connectivity index (χ2n) is 8.76. The van der Waals surface area contributed by atoms with Crippen molar-refractivity contribution in [3.8, 4) is 0 Å². The first-order valence-electron chi connectivity index (χ1n) is 11.4. The molecule has 0 unspecified atom stereocenters. The highest BCUT2D eigenvalue weighted by Crippen LogP contribution is 2.23. The third kappa shape index (κ3) is 4.56. The van der Waals surface area contributed by atoms with Crippen molar-refractivity contribution < 1.29 is 4.79 Å². The molecule has 2 aliphatic rings. The third-order valence-electron chi connectivity index (χ3n) is 6.55. The quantitative estimate of drug-likeness (QED) is 0.690. The van der Waals surface area contributed by atoms with E-state index in [1.54, 1.807) is 0 Å². The summed E-state index contributed by atoms with van der Waals surface area (Å²) >= 11 is 0. The Bertz CT molecular complexity index is 1010. The van der Waals surface area contributed by atoms with Crippen LogP contribution in [0.5, 0.6) is 0 Å². The van der Waals surface area contributed by atoms with Crippen molar-refractivity contribution in [3.63, 3.8) is 0 Å². The summed E-state index contributed by atoms with van der Waals surface area (Å²) in [4.78, 5) is 17.7. The predicted molar refractivity (Wildman–Crippen MR) is 121 cm³/mol. The first kappa shape index (κ1) is 20.0. The van der Waals surface area contributed by atoms with Crippen LogP contribution in [0.25, 0.3) is 5.65 Å². The van der Waals surface area contributed by atoms with Gasteiger partial charge in [-0.3, -0.25) is 14.1 Å². The molecule has 1 N–H and O–H groups in total. The van der Waals surface area contributed by atoms with Gasteiger partial charge in [-0.25, -0.2) is 0 Å². The average Bonchev–Trinajstić information content (AvgIpc) is 3.25. The van der Waals surface area contributed by atoms with Gasteiger partial charge in [-0.2, -0.15) is 0 Å². The molecular weight excluding hydrogens is 388 g/mol. The Morgan fingerprint density at radius 2 is 1.77 bits per heavy atom. The molecular formula is C24H30N6O. The maximum absolute atomic E-state index is 13.0. The molecule has 2 fully saturated rings. The number of fused-ring (bicyclic) bond motifs is 1. The smallest absolute Gasteiger partial charge is 0.231 e. The average molecular weight is 419 g/mol. The van der Waals surface area contributed by atoms with Crippen molar-refractivity contribution in [1.82, 2.24) is 24.8 Å². The molecule has 4 heterocycles. The fourth-order valence-electron chi connectivity index (χ4n) is 4.81. The third-order valence-corrected chi connectivity index (χ3v) is 6.55. The number of pyridine rings is 1. The van der Waals surface area contributed by atoms with Gasteiger partial charge in [0.15, 0.2) is 5.65 Å². The lowest BCUT2D eigenvalue weighted by Crippen LogP contribution is -2.49. The van der Waals surface area contributed by atoms with Gasteiger partial charge >= 0.3 is 0 Å². The Morgan fingerprint density at radius 3 is 2.61 bits per heavy atom. The Labute approximate surface area is 183 Å². The van der Waals surface area contributed by atoms with Gasteiger partial charge in [0.2, 0.25) is 11.9 Å². The first-order chi connectivity index (χ1) is 15.3. The summed E-state index contributed by atoms with van der Waals surface area (Å²) in [7, 11) is 0. The molecule has 2 aromatic heterocycles. The normalized spacial score (nSPS) is 20.8. The molecule has 0 aliphatic carbocycles. The number of hydrogen-bond acceptors (Lipinski definition) is 5. The molecule has 31 heavy (non-hydrogen) atoms. The van der Waals surface area contributed by atoms with Gasteiger partial charge in [-0.05, 0) is 43.4 Å². The number of piperidine rings is 2. The number of nitrogens with zero attached hydrogens (tertiary/aromatic N) is 5. The number of hydrogen-bond donors (Lipinski definition) is 1. The van der Waals surface area contributed by atoms with Gasteiger partial charge < -0.3 is 10.2 Å². The van der Waals surface area contributed by atoms with Crippen LogP contribution in [-0.2, 0) is 11.3 Å². The van der Waals surface area contributed by atoms with E-state index >= 15 is 0 Å². The number of carbonyl (C=O) groups excluding carboxylic acids is 1. The number of amides is 1. The predicted octanol–water partition coefficient (Wildman–Crippen LogP) is 2.73. The zero-order valence-electron chi connectivity index (χ0n) is 17.9. The van der Waals surface area contributed by atoms with E-state index in [9.17, 15) is 4.79 Å². The highest BCUT2D eigenvalue weighted by Gasteiger charge is 2.30. The standard InChI is InChI=1S/C24H30N6O/c31-23(25-21-11-15-28(16-12-21)17-19-7-2-1-3-8-19)20-9-6-13-29(18-20)24-27-26-22-10-4-5-14-30(22)24/h1-5,7-8,10,14,20-21H,6,9,11-13,15-18H2,(H,25,31)/t20-/m1/s1. The number of benzene rings is 1. The van der Waals surface area contributed by atoms with E-state index in [1.807, 2.05) is 28.8 Å². The Morgan fingerprint density at radius 1 is 0.968 bits per heavy atom. The van der Waals surface area contributed by atoms with Crippen LogP contribution in [0.4, 0.5) is 5.95 Å². The Hall–Kier alpha value is -2.93. The first-order valence-corrected chi connectivity index (χ1v) is 11.4. The maximum atomic E-state index is 13.0. The molecule has 1 atom stereocenters.